The number of carbonyl (C=O) groups excluding carboxylic acids is 1. The molecule has 2 N–H and O–H groups in total. The molecular formula is C24H26N4O2. The van der Waals surface area contributed by atoms with Gasteiger partial charge in [0.1, 0.15) is 5.75 Å². The number of nitrogens with zero attached hydrogens (tertiary/aromatic N) is 2. The number of aliphatic imine (C=N–C) groups is 1. The molecule has 3 rings (SSSR count). The van der Waals surface area contributed by atoms with E-state index in [1.54, 1.807) is 43.8 Å². The minimum atomic E-state index is -0.273. The van der Waals surface area contributed by atoms with Crippen LogP contribution in [0.3, 0.4) is 0 Å². The summed E-state index contributed by atoms with van der Waals surface area (Å²) in [6.45, 7) is 4.69. The normalized spacial score (nSPS) is 11.3. The van der Waals surface area contributed by atoms with Crippen LogP contribution >= 0.6 is 0 Å². The average Bonchev–Trinajstić information content (AvgIpc) is 2.78. The Morgan fingerprint density at radius 3 is 2.57 bits per heavy atom. The lowest BCUT2D eigenvalue weighted by atomic mass is 10.0. The number of pyridine rings is 1. The number of guanidine groups is 1. The third-order valence-electron chi connectivity index (χ3n) is 4.55. The van der Waals surface area contributed by atoms with Crippen LogP contribution in [-0.2, 0) is 6.54 Å². The van der Waals surface area contributed by atoms with Crippen molar-refractivity contribution in [2.24, 2.45) is 4.99 Å². The molecule has 1 amide bonds. The molecule has 0 aliphatic carbocycles. The smallest absolute Gasteiger partial charge is 0.258 e. The maximum atomic E-state index is 12.8. The average molecular weight is 402 g/mol. The van der Waals surface area contributed by atoms with E-state index in [0.717, 1.165) is 11.3 Å². The van der Waals surface area contributed by atoms with Crippen molar-refractivity contribution in [3.63, 3.8) is 0 Å². The minimum absolute atomic E-state index is 0.273. The Bertz CT molecular complexity index is 999. The van der Waals surface area contributed by atoms with Crippen LogP contribution in [-0.4, -0.2) is 24.0 Å². The van der Waals surface area contributed by atoms with Gasteiger partial charge in [0.15, 0.2) is 0 Å². The number of ether oxygens (including phenoxy) is 1. The summed E-state index contributed by atoms with van der Waals surface area (Å²) in [6, 6.07) is 18.9. The number of amides is 1. The number of nitrogens with one attached hydrogen (secondary N) is 2. The van der Waals surface area contributed by atoms with Gasteiger partial charge in [0.2, 0.25) is 5.96 Å². The second-order valence-electron chi connectivity index (χ2n) is 7.11. The summed E-state index contributed by atoms with van der Waals surface area (Å²) in [5.41, 5.74) is 3.52. The largest absolute Gasteiger partial charge is 0.497 e. The lowest BCUT2D eigenvalue weighted by molar-refractivity contribution is 0.0976. The fourth-order valence-corrected chi connectivity index (χ4v) is 2.80. The minimum Gasteiger partial charge on any atom is -0.497 e. The number of rotatable bonds is 6. The molecule has 0 aliphatic rings. The Labute approximate surface area is 177 Å². The summed E-state index contributed by atoms with van der Waals surface area (Å²) in [5.74, 6) is 1.16. The van der Waals surface area contributed by atoms with Crippen LogP contribution in [0, 0.1) is 0 Å². The number of methoxy groups -OCH3 is 1. The van der Waals surface area contributed by atoms with Crippen LogP contribution in [0.5, 0.6) is 5.75 Å². The maximum Gasteiger partial charge on any atom is 0.258 e. The molecule has 1 aromatic heterocycles. The molecule has 0 unspecified atom stereocenters. The third-order valence-corrected chi connectivity index (χ3v) is 4.55. The first-order chi connectivity index (χ1) is 14.5. The number of benzene rings is 2. The van der Waals surface area contributed by atoms with Crippen molar-refractivity contribution in [3.05, 3.63) is 89.7 Å². The van der Waals surface area contributed by atoms with E-state index in [0.29, 0.717) is 29.7 Å². The first kappa shape index (κ1) is 21.0. The van der Waals surface area contributed by atoms with Gasteiger partial charge in [-0.3, -0.25) is 15.1 Å². The Morgan fingerprint density at radius 1 is 1.10 bits per heavy atom. The fraction of sp³-hybridized carbons (Fsp3) is 0.208. The number of hydrogen-bond acceptors (Lipinski definition) is 4. The highest BCUT2D eigenvalue weighted by Gasteiger charge is 2.11. The summed E-state index contributed by atoms with van der Waals surface area (Å²) in [5, 5.41) is 6.08. The van der Waals surface area contributed by atoms with Gasteiger partial charge in [-0.2, -0.15) is 0 Å². The van der Waals surface area contributed by atoms with Gasteiger partial charge >= 0.3 is 0 Å². The van der Waals surface area contributed by atoms with Gasteiger partial charge in [-0.25, -0.2) is 4.99 Å². The summed E-state index contributed by atoms with van der Waals surface area (Å²) in [6.07, 6.45) is 3.47. The maximum absolute atomic E-state index is 12.8. The molecule has 2 aromatic carbocycles. The zero-order chi connectivity index (χ0) is 21.3. The highest BCUT2D eigenvalue weighted by Crippen LogP contribution is 2.17. The van der Waals surface area contributed by atoms with Gasteiger partial charge in [0.05, 0.1) is 13.7 Å². The zero-order valence-corrected chi connectivity index (χ0v) is 17.4. The standard InChI is InChI=1S/C24H26N4O2/c1-17(2)19-9-11-21(12-10-19)27-24(26-16-18-6-5-13-25-15-18)28-23(29)20-7-4-8-22(14-20)30-3/h4-15,17H,16H2,1-3H3,(H2,26,27,28,29). The van der Waals surface area contributed by atoms with Crippen LogP contribution in [0.25, 0.3) is 0 Å². The Balaban J connectivity index is 1.80. The topological polar surface area (TPSA) is 75.6 Å². The van der Waals surface area contributed by atoms with Gasteiger partial charge in [0, 0.05) is 23.6 Å². The highest BCUT2D eigenvalue weighted by molar-refractivity contribution is 6.10. The molecule has 6 nitrogen and oxygen atoms in total. The first-order valence-corrected chi connectivity index (χ1v) is 9.81. The highest BCUT2D eigenvalue weighted by atomic mass is 16.5. The second kappa shape index (κ2) is 10.2. The van der Waals surface area contributed by atoms with Crippen LogP contribution < -0.4 is 15.4 Å². The molecule has 3 aromatic rings. The number of carbonyl (C=O) groups is 1. The molecule has 0 fully saturated rings. The Kier molecular flexibility index (Phi) is 7.16. The molecule has 0 spiro atoms. The second-order valence-corrected chi connectivity index (χ2v) is 7.11. The zero-order valence-electron chi connectivity index (χ0n) is 17.4. The SMILES string of the molecule is COc1cccc(C(=O)NC(=NCc2cccnc2)Nc2ccc(C(C)C)cc2)c1. The van der Waals surface area contributed by atoms with Crippen molar-refractivity contribution in [1.82, 2.24) is 10.3 Å². The Morgan fingerprint density at radius 2 is 1.90 bits per heavy atom. The molecule has 1 heterocycles. The number of anilines is 1. The summed E-state index contributed by atoms with van der Waals surface area (Å²) in [4.78, 5) is 21.4. The molecule has 0 atom stereocenters. The molecule has 0 aliphatic heterocycles. The molecule has 0 saturated carbocycles. The van der Waals surface area contributed by atoms with E-state index in [-0.39, 0.29) is 5.91 Å². The lowest BCUT2D eigenvalue weighted by Gasteiger charge is -2.13. The van der Waals surface area contributed by atoms with Gasteiger partial charge in [0.25, 0.3) is 5.91 Å². The van der Waals surface area contributed by atoms with Gasteiger partial charge in [-0.05, 0) is 53.4 Å². The molecule has 6 heteroatoms. The molecule has 154 valence electrons. The predicted octanol–water partition coefficient (Wildman–Crippen LogP) is 4.61. The fourth-order valence-electron chi connectivity index (χ4n) is 2.80. The summed E-state index contributed by atoms with van der Waals surface area (Å²) >= 11 is 0. The van der Waals surface area contributed by atoms with Gasteiger partial charge < -0.3 is 10.1 Å². The van der Waals surface area contributed by atoms with Crippen LogP contribution in [0.15, 0.2) is 78.0 Å². The van der Waals surface area contributed by atoms with Crippen LogP contribution in [0.4, 0.5) is 5.69 Å². The number of aromatic nitrogens is 1. The third kappa shape index (κ3) is 5.91. The monoisotopic (exact) mass is 402 g/mol. The van der Waals surface area contributed by atoms with Crippen molar-refractivity contribution in [2.45, 2.75) is 26.3 Å². The lowest BCUT2D eigenvalue weighted by Crippen LogP contribution is -2.36. The van der Waals surface area contributed by atoms with Crippen molar-refractivity contribution in [2.75, 3.05) is 12.4 Å². The van der Waals surface area contributed by atoms with Crippen molar-refractivity contribution in [1.29, 1.82) is 0 Å². The van der Waals surface area contributed by atoms with E-state index < -0.39 is 0 Å². The van der Waals surface area contributed by atoms with Crippen molar-refractivity contribution >= 4 is 17.6 Å². The number of hydrogen-bond donors (Lipinski definition) is 2. The van der Waals surface area contributed by atoms with Crippen LogP contribution in [0.2, 0.25) is 0 Å². The predicted molar refractivity (Wildman–Crippen MR) is 120 cm³/mol. The van der Waals surface area contributed by atoms with Gasteiger partial charge in [-0.1, -0.05) is 38.1 Å². The molecule has 0 radical (unpaired) electrons. The molecule has 0 saturated heterocycles. The van der Waals surface area contributed by atoms with Crippen molar-refractivity contribution in [3.8, 4) is 5.75 Å². The molecule has 0 bridgehead atoms. The summed E-state index contributed by atoms with van der Waals surface area (Å²) < 4.78 is 5.21. The van der Waals surface area contributed by atoms with Crippen molar-refractivity contribution < 1.29 is 9.53 Å². The summed E-state index contributed by atoms with van der Waals surface area (Å²) in [7, 11) is 1.57. The Hall–Kier alpha value is -3.67. The van der Waals surface area contributed by atoms with E-state index >= 15 is 0 Å². The van der Waals surface area contributed by atoms with E-state index in [1.807, 2.05) is 24.3 Å². The molecule has 30 heavy (non-hydrogen) atoms. The van der Waals surface area contributed by atoms with E-state index in [1.165, 1.54) is 5.56 Å². The van der Waals surface area contributed by atoms with Gasteiger partial charge in [-0.15, -0.1) is 0 Å². The molecular weight excluding hydrogens is 376 g/mol. The quantitative estimate of drug-likeness (QED) is 0.466. The van der Waals surface area contributed by atoms with Crippen LogP contribution in [0.1, 0.15) is 41.3 Å². The first-order valence-electron chi connectivity index (χ1n) is 9.81. The van der Waals surface area contributed by atoms with E-state index in [2.05, 4.69) is 46.6 Å². The van der Waals surface area contributed by atoms with E-state index in [4.69, 9.17) is 4.74 Å². The van der Waals surface area contributed by atoms with E-state index in [9.17, 15) is 4.79 Å².